The van der Waals surface area contributed by atoms with Crippen LogP contribution in [-0.4, -0.2) is 68.0 Å². The smallest absolute Gasteiger partial charge is 0.339 e. The molecule has 5 aromatic rings. The number of aromatic carboxylic acids is 1. The van der Waals surface area contributed by atoms with E-state index in [0.29, 0.717) is 16.8 Å². The van der Waals surface area contributed by atoms with Crippen LogP contribution in [0.4, 0.5) is 11.4 Å². The van der Waals surface area contributed by atoms with Crippen LogP contribution in [-0.2, 0) is 23.6 Å². The Kier molecular flexibility index (Phi) is 19.8. The maximum atomic E-state index is 12.5. The molecule has 0 bridgehead atoms. The van der Waals surface area contributed by atoms with Crippen molar-refractivity contribution in [3.05, 3.63) is 148 Å². The predicted molar refractivity (Wildman–Crippen MR) is 239 cm³/mol. The molecule has 0 aromatic heterocycles. The molecule has 0 radical (unpaired) electrons. The number of carboxylic acids is 1. The zero-order valence-electron chi connectivity index (χ0n) is 34.2. The van der Waals surface area contributed by atoms with E-state index >= 15 is 0 Å². The van der Waals surface area contributed by atoms with E-state index in [-0.39, 0.29) is 56.7 Å². The van der Waals surface area contributed by atoms with Gasteiger partial charge in [0, 0.05) is 47.8 Å². The molecule has 19 nitrogen and oxygen atoms in total. The molecule has 6 N–H and O–H groups in total. The van der Waals surface area contributed by atoms with E-state index in [2.05, 4.69) is 42.1 Å². The van der Waals surface area contributed by atoms with Crippen molar-refractivity contribution >= 4 is 112 Å². The summed E-state index contributed by atoms with van der Waals surface area (Å²) in [5.74, 6) is -4.74. The third kappa shape index (κ3) is 15.5. The first-order valence-electron chi connectivity index (χ1n) is 18.2. The van der Waals surface area contributed by atoms with Crippen molar-refractivity contribution in [2.45, 2.75) is 20.8 Å². The molecule has 0 unspecified atom stereocenters. The van der Waals surface area contributed by atoms with Gasteiger partial charge in [0.25, 0.3) is 34.8 Å². The van der Waals surface area contributed by atoms with E-state index in [1.54, 1.807) is 60.7 Å². The highest BCUT2D eigenvalue weighted by molar-refractivity contribution is 8.26. The number of carboxylic acid groups (broad SMARTS) is 1. The number of amides is 5. The van der Waals surface area contributed by atoms with Crippen LogP contribution in [0.15, 0.2) is 109 Å². The van der Waals surface area contributed by atoms with E-state index in [9.17, 15) is 47.9 Å². The Morgan fingerprint density at radius 3 is 1.38 bits per heavy atom. The van der Waals surface area contributed by atoms with Crippen molar-refractivity contribution in [1.82, 2.24) is 10.6 Å². The molecule has 2 aliphatic heterocycles. The first-order chi connectivity index (χ1) is 31.1. The largest absolute Gasteiger partial charge is 0.478 e. The molecule has 23 heteroatoms. The molecule has 2 heterocycles. The molecule has 0 saturated heterocycles. The Bertz CT molecular complexity index is 2710. The van der Waals surface area contributed by atoms with Gasteiger partial charge in [-0.1, -0.05) is 48.5 Å². The molecule has 5 amide bonds. The summed E-state index contributed by atoms with van der Waals surface area (Å²) in [4.78, 5) is 112. The van der Waals surface area contributed by atoms with E-state index in [4.69, 9.17) is 36.1 Å². The second-order valence-electron chi connectivity index (χ2n) is 12.6. The molecule has 0 atom stereocenters. The van der Waals surface area contributed by atoms with Gasteiger partial charge in [0.2, 0.25) is 9.23 Å². The number of nitrogen functional groups attached to an aromatic ring is 1. The fourth-order valence-electron chi connectivity index (χ4n) is 5.42. The zero-order valence-corrected chi connectivity index (χ0v) is 37.3. The summed E-state index contributed by atoms with van der Waals surface area (Å²) in [7, 11) is 7.36. The lowest BCUT2D eigenvalue weighted by Gasteiger charge is -2.11. The number of anilines is 2. The number of ether oxygens (including phenoxy) is 3. The molecule has 5 aromatic carbocycles. The fraction of sp³-hybridized carbons (Fsp3) is 0.0698. The van der Waals surface area contributed by atoms with Crippen LogP contribution in [0.25, 0.3) is 0 Å². The van der Waals surface area contributed by atoms with Gasteiger partial charge in [-0.25, -0.2) is 9.00 Å². The van der Waals surface area contributed by atoms with Crippen molar-refractivity contribution < 1.29 is 71.5 Å². The number of rotatable bonds is 7. The number of para-hydroxylation sites is 3. The fourth-order valence-corrected chi connectivity index (χ4v) is 5.57. The standard InChI is InChI=1S/C17H12N2O5.C9H7ClO3.C9H8O4.C8H6N2O2.Cl2OS/c1-9(20)24-13-8-3-2-5-10(13)15(21)18-12-7-4-6-11-14(12)17(23)19-16(11)22;1-6(11)13-8-5-3-2-4-7(8)9(10)12;1-6(10)13-8-5-3-2-4-7(8)9(11)12;9-5-3-1-2-4-6(5)8(12)10-7(4)11;1-4(2)3/h2-8H,1H3,(H,18,21)(H,19,22,23);2-5H,1H3;2-5H,1H3,(H,11,12);1-3H,9H2,(H,10,11,12);. The van der Waals surface area contributed by atoms with Gasteiger partial charge in [0.05, 0.1) is 39.1 Å². The summed E-state index contributed by atoms with van der Waals surface area (Å²) in [5.41, 5.74) is 7.34. The SMILES string of the molecule is CC(=O)Oc1ccccc1C(=O)Cl.CC(=O)Oc1ccccc1C(=O)Nc1cccc2c1C(=O)NC2=O.CC(=O)Oc1ccccc1C(=O)O.Nc1cccc2c1C(=O)NC2=O.O=S(Cl)Cl. The van der Waals surface area contributed by atoms with Crippen LogP contribution in [0.1, 0.15) is 93.3 Å². The van der Waals surface area contributed by atoms with Crippen molar-refractivity contribution in [2.24, 2.45) is 0 Å². The quantitative estimate of drug-likeness (QED) is 0.0396. The van der Waals surface area contributed by atoms with E-state index in [1.807, 2.05) is 0 Å². The number of nitrogens with two attached hydrogens (primary N) is 1. The van der Waals surface area contributed by atoms with Gasteiger partial charge in [-0.3, -0.25) is 53.8 Å². The van der Waals surface area contributed by atoms with Gasteiger partial charge in [-0.15, -0.1) is 0 Å². The summed E-state index contributed by atoms with van der Waals surface area (Å²) < 4.78 is 23.5. The Labute approximate surface area is 389 Å². The summed E-state index contributed by atoms with van der Waals surface area (Å²) in [6, 6.07) is 27.9. The highest BCUT2D eigenvalue weighted by Crippen LogP contribution is 2.27. The van der Waals surface area contributed by atoms with Gasteiger partial charge >= 0.3 is 23.9 Å². The molecule has 66 heavy (non-hydrogen) atoms. The van der Waals surface area contributed by atoms with Gasteiger partial charge < -0.3 is 30.4 Å². The van der Waals surface area contributed by atoms with Gasteiger partial charge in [-0.2, -0.15) is 0 Å². The summed E-state index contributed by atoms with van der Waals surface area (Å²) >= 11 is 5.26. The molecule has 0 saturated carbocycles. The maximum absolute atomic E-state index is 12.5. The number of carbonyl (C=O) groups excluding carboxylic acids is 9. The first kappa shape index (κ1) is 52.6. The average Bonchev–Trinajstić information content (AvgIpc) is 3.71. The number of hydrogen-bond acceptors (Lipinski definition) is 15. The number of carbonyl (C=O) groups is 10. The topological polar surface area (TPSA) is 298 Å². The van der Waals surface area contributed by atoms with Gasteiger partial charge in [-0.05, 0) is 72.3 Å². The number of nitrogens with one attached hydrogen (secondary N) is 3. The monoisotopic (exact) mass is 982 g/mol. The lowest BCUT2D eigenvalue weighted by Crippen LogP contribution is -2.21. The van der Waals surface area contributed by atoms with E-state index in [1.165, 1.54) is 69.3 Å². The summed E-state index contributed by atoms with van der Waals surface area (Å²) in [6.45, 7) is 3.71. The zero-order chi connectivity index (χ0) is 49.2. The molecule has 342 valence electrons. The van der Waals surface area contributed by atoms with E-state index < -0.39 is 62.0 Å². The minimum absolute atomic E-state index is 0.0160. The van der Waals surface area contributed by atoms with Gasteiger partial charge in [0.15, 0.2) is 0 Å². The van der Waals surface area contributed by atoms with Crippen LogP contribution in [0.2, 0.25) is 0 Å². The van der Waals surface area contributed by atoms with Crippen LogP contribution in [0.5, 0.6) is 17.2 Å². The van der Waals surface area contributed by atoms with Crippen molar-refractivity contribution in [1.29, 1.82) is 0 Å². The average molecular weight is 984 g/mol. The number of hydrogen-bond donors (Lipinski definition) is 5. The maximum Gasteiger partial charge on any atom is 0.339 e. The normalized spacial score (nSPS) is 11.3. The van der Waals surface area contributed by atoms with Gasteiger partial charge in [0.1, 0.15) is 22.8 Å². The second-order valence-corrected chi connectivity index (χ2v) is 15.4. The van der Waals surface area contributed by atoms with Crippen LogP contribution in [0, 0.1) is 0 Å². The van der Waals surface area contributed by atoms with Crippen LogP contribution < -0.4 is 35.9 Å². The Morgan fingerprint density at radius 1 is 0.561 bits per heavy atom. The second kappa shape index (κ2) is 24.9. The minimum Gasteiger partial charge on any atom is -0.478 e. The lowest BCUT2D eigenvalue weighted by molar-refractivity contribution is -0.132. The highest BCUT2D eigenvalue weighted by atomic mass is 36.0. The molecule has 0 spiro atoms. The lowest BCUT2D eigenvalue weighted by atomic mass is 10.1. The molecule has 7 rings (SSSR count). The number of fused-ring (bicyclic) bond motifs is 2. The Hall–Kier alpha value is -7.78. The molecular formula is C43H33Cl3N4O15S. The highest BCUT2D eigenvalue weighted by Gasteiger charge is 2.30. The third-order valence-corrected chi connectivity index (χ3v) is 8.12. The summed E-state index contributed by atoms with van der Waals surface area (Å²) in [6.07, 6.45) is 0. The van der Waals surface area contributed by atoms with Crippen molar-refractivity contribution in [3.63, 3.8) is 0 Å². The van der Waals surface area contributed by atoms with E-state index in [0.717, 1.165) is 0 Å². The summed E-state index contributed by atoms with van der Waals surface area (Å²) in [5, 5.41) is 15.0. The molecular weight excluding hydrogens is 951 g/mol. The third-order valence-electron chi connectivity index (χ3n) is 7.92. The van der Waals surface area contributed by atoms with Crippen LogP contribution >= 0.6 is 33.0 Å². The Morgan fingerprint density at radius 2 is 0.939 bits per heavy atom. The molecule has 2 aliphatic rings. The van der Waals surface area contributed by atoms with Crippen molar-refractivity contribution in [2.75, 3.05) is 11.1 Å². The Balaban J connectivity index is 0.000000238. The first-order valence-corrected chi connectivity index (χ1v) is 21.3. The number of imide groups is 2. The molecule has 0 fully saturated rings. The van der Waals surface area contributed by atoms with Crippen LogP contribution in [0.3, 0.4) is 0 Å². The number of benzene rings is 5. The molecule has 0 aliphatic carbocycles. The predicted octanol–water partition coefficient (Wildman–Crippen LogP) is 6.24. The number of esters is 3. The number of halogens is 3. The minimum atomic E-state index is -1.67. The van der Waals surface area contributed by atoms with Crippen molar-refractivity contribution in [3.8, 4) is 17.2 Å².